The van der Waals surface area contributed by atoms with Gasteiger partial charge in [-0.2, -0.15) is 0 Å². The SMILES string of the molecule is O=C(CSc1nnc(-c2cccs2)n1-n1cccc1)Nc1cccc(F)c1. The monoisotopic (exact) mass is 399 g/mol. The summed E-state index contributed by atoms with van der Waals surface area (Å²) in [6.45, 7) is 0. The smallest absolute Gasteiger partial charge is 0.234 e. The van der Waals surface area contributed by atoms with Gasteiger partial charge in [-0.1, -0.05) is 23.9 Å². The van der Waals surface area contributed by atoms with Crippen LogP contribution in [0.3, 0.4) is 0 Å². The van der Waals surface area contributed by atoms with Crippen LogP contribution in [0.5, 0.6) is 0 Å². The van der Waals surface area contributed by atoms with Gasteiger partial charge in [0.1, 0.15) is 5.82 Å². The molecule has 0 bridgehead atoms. The third kappa shape index (κ3) is 3.93. The van der Waals surface area contributed by atoms with E-state index in [2.05, 4.69) is 15.5 Å². The van der Waals surface area contributed by atoms with E-state index in [9.17, 15) is 9.18 Å². The Bertz CT molecular complexity index is 1040. The Hall–Kier alpha value is -2.91. The molecule has 0 saturated carbocycles. The molecule has 3 heterocycles. The van der Waals surface area contributed by atoms with E-state index in [0.29, 0.717) is 16.7 Å². The summed E-state index contributed by atoms with van der Waals surface area (Å²) in [4.78, 5) is 13.2. The summed E-state index contributed by atoms with van der Waals surface area (Å²) < 4.78 is 17.0. The van der Waals surface area contributed by atoms with E-state index in [1.165, 1.54) is 23.9 Å². The molecule has 1 amide bonds. The zero-order chi connectivity index (χ0) is 18.6. The molecule has 0 aliphatic heterocycles. The number of thiophene rings is 1. The summed E-state index contributed by atoms with van der Waals surface area (Å²) in [6.07, 6.45) is 3.77. The van der Waals surface area contributed by atoms with Gasteiger partial charge in [-0.05, 0) is 41.8 Å². The molecule has 0 aliphatic rings. The van der Waals surface area contributed by atoms with Crippen LogP contribution in [-0.4, -0.2) is 31.2 Å². The number of amides is 1. The van der Waals surface area contributed by atoms with Gasteiger partial charge in [-0.3, -0.25) is 9.47 Å². The van der Waals surface area contributed by atoms with Crippen molar-refractivity contribution in [1.29, 1.82) is 0 Å². The highest BCUT2D eigenvalue weighted by Gasteiger charge is 2.17. The second kappa shape index (κ2) is 7.77. The lowest BCUT2D eigenvalue weighted by Crippen LogP contribution is -2.15. The molecule has 4 aromatic rings. The third-order valence-electron chi connectivity index (χ3n) is 3.61. The number of hydrogen-bond acceptors (Lipinski definition) is 5. The first-order chi connectivity index (χ1) is 13.2. The number of aromatic nitrogens is 4. The number of benzene rings is 1. The number of rotatable bonds is 6. The minimum atomic E-state index is -0.395. The number of hydrogen-bond donors (Lipinski definition) is 1. The first-order valence-electron chi connectivity index (χ1n) is 8.02. The molecule has 0 fully saturated rings. The van der Waals surface area contributed by atoms with Gasteiger partial charge in [0.2, 0.25) is 11.1 Å². The standard InChI is InChI=1S/C18H14FN5OS2/c19-13-5-3-6-14(11-13)20-16(25)12-27-18-22-21-17(15-7-4-10-26-15)24(18)23-8-1-2-9-23/h1-11H,12H2,(H,20,25). The molecule has 0 aliphatic carbocycles. The van der Waals surface area contributed by atoms with E-state index in [-0.39, 0.29) is 11.7 Å². The Morgan fingerprint density at radius 2 is 2.00 bits per heavy atom. The first-order valence-corrected chi connectivity index (χ1v) is 9.88. The van der Waals surface area contributed by atoms with Crippen molar-refractivity contribution in [3.05, 3.63) is 72.1 Å². The Labute approximate surface area is 162 Å². The van der Waals surface area contributed by atoms with Gasteiger partial charge in [0.05, 0.1) is 10.6 Å². The number of carbonyl (C=O) groups excluding carboxylic acids is 1. The van der Waals surface area contributed by atoms with Crippen molar-refractivity contribution in [3.8, 4) is 10.7 Å². The molecule has 0 atom stereocenters. The van der Waals surface area contributed by atoms with E-state index >= 15 is 0 Å². The summed E-state index contributed by atoms with van der Waals surface area (Å²) >= 11 is 2.83. The highest BCUT2D eigenvalue weighted by molar-refractivity contribution is 7.99. The molecule has 136 valence electrons. The second-order valence-corrected chi connectivity index (χ2v) is 7.40. The van der Waals surface area contributed by atoms with Gasteiger partial charge >= 0.3 is 0 Å². The van der Waals surface area contributed by atoms with E-state index < -0.39 is 5.82 Å². The highest BCUT2D eigenvalue weighted by Crippen LogP contribution is 2.27. The molecule has 4 rings (SSSR count). The van der Waals surface area contributed by atoms with Crippen molar-refractivity contribution < 1.29 is 9.18 Å². The van der Waals surface area contributed by atoms with E-state index in [4.69, 9.17) is 0 Å². The summed E-state index contributed by atoms with van der Waals surface area (Å²) in [5, 5.41) is 13.8. The topological polar surface area (TPSA) is 64.7 Å². The minimum absolute atomic E-state index is 0.125. The van der Waals surface area contributed by atoms with E-state index in [1.54, 1.807) is 23.5 Å². The molecule has 27 heavy (non-hydrogen) atoms. The van der Waals surface area contributed by atoms with Crippen LogP contribution in [0.1, 0.15) is 0 Å². The van der Waals surface area contributed by atoms with Crippen LogP contribution >= 0.6 is 23.1 Å². The molecule has 0 saturated heterocycles. The molecular formula is C18H14FN5OS2. The predicted molar refractivity (Wildman–Crippen MR) is 104 cm³/mol. The summed E-state index contributed by atoms with van der Waals surface area (Å²) in [6, 6.07) is 13.5. The van der Waals surface area contributed by atoms with Gasteiger partial charge in [0, 0.05) is 18.1 Å². The zero-order valence-corrected chi connectivity index (χ0v) is 15.6. The van der Waals surface area contributed by atoms with Crippen molar-refractivity contribution in [2.45, 2.75) is 5.16 Å². The average Bonchev–Trinajstić information content (AvgIpc) is 3.39. The van der Waals surface area contributed by atoms with Gasteiger partial charge in [0.15, 0.2) is 5.82 Å². The molecule has 1 N–H and O–H groups in total. The van der Waals surface area contributed by atoms with E-state index in [1.807, 2.05) is 51.4 Å². The second-order valence-electron chi connectivity index (χ2n) is 5.51. The van der Waals surface area contributed by atoms with Gasteiger partial charge in [-0.15, -0.1) is 21.5 Å². The van der Waals surface area contributed by atoms with Crippen molar-refractivity contribution in [1.82, 2.24) is 19.5 Å². The van der Waals surface area contributed by atoms with Gasteiger partial charge < -0.3 is 5.32 Å². The fourth-order valence-corrected chi connectivity index (χ4v) is 3.90. The number of nitrogens with one attached hydrogen (secondary N) is 1. The van der Waals surface area contributed by atoms with Crippen LogP contribution in [0.25, 0.3) is 10.7 Å². The summed E-state index contributed by atoms with van der Waals surface area (Å²) in [5.74, 6) is 0.188. The quantitative estimate of drug-likeness (QED) is 0.498. The number of nitrogens with zero attached hydrogens (tertiary/aromatic N) is 4. The molecular weight excluding hydrogens is 385 g/mol. The fraction of sp³-hybridized carbons (Fsp3) is 0.0556. The molecule has 6 nitrogen and oxygen atoms in total. The predicted octanol–water partition coefficient (Wildman–Crippen LogP) is 3.99. The Balaban J connectivity index is 1.53. The number of thioether (sulfide) groups is 1. The Morgan fingerprint density at radius 3 is 2.74 bits per heavy atom. The minimum Gasteiger partial charge on any atom is -0.325 e. The lowest BCUT2D eigenvalue weighted by molar-refractivity contribution is -0.113. The zero-order valence-electron chi connectivity index (χ0n) is 13.9. The number of halogens is 1. The van der Waals surface area contributed by atoms with Crippen LogP contribution in [0.15, 0.2) is 71.5 Å². The van der Waals surface area contributed by atoms with Crippen LogP contribution < -0.4 is 5.32 Å². The Kier molecular flexibility index (Phi) is 5.03. The highest BCUT2D eigenvalue weighted by atomic mass is 32.2. The van der Waals surface area contributed by atoms with Crippen molar-refractivity contribution in [2.24, 2.45) is 0 Å². The molecule has 3 aromatic heterocycles. The number of anilines is 1. The summed E-state index contributed by atoms with van der Waals surface area (Å²) in [5.41, 5.74) is 0.423. The lowest BCUT2D eigenvalue weighted by Gasteiger charge is -2.10. The molecule has 0 radical (unpaired) electrons. The summed E-state index contributed by atoms with van der Waals surface area (Å²) in [7, 11) is 0. The number of carbonyl (C=O) groups is 1. The van der Waals surface area contributed by atoms with Crippen LogP contribution in [0.2, 0.25) is 0 Å². The third-order valence-corrected chi connectivity index (χ3v) is 5.40. The maximum Gasteiger partial charge on any atom is 0.234 e. The normalized spacial score (nSPS) is 10.9. The fourth-order valence-electron chi connectivity index (χ4n) is 2.48. The molecule has 9 heteroatoms. The first kappa shape index (κ1) is 17.5. The van der Waals surface area contributed by atoms with Crippen molar-refractivity contribution in [2.75, 3.05) is 11.1 Å². The van der Waals surface area contributed by atoms with Crippen molar-refractivity contribution >= 4 is 34.7 Å². The average molecular weight is 399 g/mol. The van der Waals surface area contributed by atoms with Gasteiger partial charge in [-0.25, -0.2) is 9.07 Å². The molecule has 0 spiro atoms. The molecule has 1 aromatic carbocycles. The maximum absolute atomic E-state index is 13.2. The van der Waals surface area contributed by atoms with Crippen molar-refractivity contribution in [3.63, 3.8) is 0 Å². The molecule has 0 unspecified atom stereocenters. The van der Waals surface area contributed by atoms with Gasteiger partial charge in [0.25, 0.3) is 0 Å². The van der Waals surface area contributed by atoms with Crippen LogP contribution in [0.4, 0.5) is 10.1 Å². The van der Waals surface area contributed by atoms with Crippen LogP contribution in [-0.2, 0) is 4.79 Å². The maximum atomic E-state index is 13.2. The lowest BCUT2D eigenvalue weighted by atomic mass is 10.3. The van der Waals surface area contributed by atoms with Crippen LogP contribution in [0, 0.1) is 5.82 Å². The van der Waals surface area contributed by atoms with E-state index in [0.717, 1.165) is 4.88 Å². The Morgan fingerprint density at radius 1 is 1.15 bits per heavy atom. The largest absolute Gasteiger partial charge is 0.325 e.